The third kappa shape index (κ3) is 3.53. The lowest BCUT2D eigenvalue weighted by Gasteiger charge is -2.09. The lowest BCUT2D eigenvalue weighted by molar-refractivity contribution is -0.138. The topological polar surface area (TPSA) is 83.2 Å². The van der Waals surface area contributed by atoms with Gasteiger partial charge in [-0.3, -0.25) is 9.36 Å². The molecule has 0 aliphatic rings. The number of carbonyl (C=O) groups excluding carboxylic acids is 1. The predicted octanol–water partition coefficient (Wildman–Crippen LogP) is 2.54. The Hall–Kier alpha value is -4.00. The van der Waals surface area contributed by atoms with Crippen molar-refractivity contribution in [3.63, 3.8) is 0 Å². The number of nitrogens with zero attached hydrogens (tertiary/aromatic N) is 3. The smallest absolute Gasteiger partial charge is 0.331 e. The van der Waals surface area contributed by atoms with Crippen molar-refractivity contribution in [2.45, 2.75) is 6.61 Å². The fourth-order valence-electron chi connectivity index (χ4n) is 3.38. The van der Waals surface area contributed by atoms with Crippen LogP contribution in [-0.2, 0) is 30.2 Å². The highest BCUT2D eigenvalue weighted by Crippen LogP contribution is 2.26. The SMILES string of the molecule is Cn1cc(/C=C/C(=O)OCc2nc3ccccc3c3ccccc23)c(=O)n(C)c1=O. The maximum absolute atomic E-state index is 12.2. The van der Waals surface area contributed by atoms with Gasteiger partial charge in [-0.05, 0) is 17.5 Å². The summed E-state index contributed by atoms with van der Waals surface area (Å²) in [7, 11) is 2.92. The Morgan fingerprint density at radius 3 is 2.43 bits per heavy atom. The van der Waals surface area contributed by atoms with Crippen molar-refractivity contribution in [1.82, 2.24) is 14.1 Å². The Morgan fingerprint density at radius 2 is 1.67 bits per heavy atom. The van der Waals surface area contributed by atoms with Crippen LogP contribution in [0.4, 0.5) is 0 Å². The molecule has 0 bridgehead atoms. The van der Waals surface area contributed by atoms with Crippen molar-refractivity contribution in [2.24, 2.45) is 14.1 Å². The number of carbonyl (C=O) groups is 1. The fourth-order valence-corrected chi connectivity index (χ4v) is 3.38. The lowest BCUT2D eigenvalue weighted by atomic mass is 10.0. The normalized spacial score (nSPS) is 11.4. The highest BCUT2D eigenvalue weighted by atomic mass is 16.5. The first kappa shape index (κ1) is 19.3. The van der Waals surface area contributed by atoms with Crippen molar-refractivity contribution in [2.75, 3.05) is 0 Å². The second-order valence-corrected chi connectivity index (χ2v) is 6.90. The van der Waals surface area contributed by atoms with Gasteiger partial charge in [0.25, 0.3) is 5.56 Å². The summed E-state index contributed by atoms with van der Waals surface area (Å²) in [6, 6.07) is 15.6. The van der Waals surface area contributed by atoms with E-state index in [0.717, 1.165) is 26.2 Å². The van der Waals surface area contributed by atoms with E-state index in [4.69, 9.17) is 4.74 Å². The summed E-state index contributed by atoms with van der Waals surface area (Å²) in [6.45, 7) is -0.000192. The summed E-state index contributed by atoms with van der Waals surface area (Å²) in [5.74, 6) is -0.607. The first-order chi connectivity index (χ1) is 14.5. The van der Waals surface area contributed by atoms with E-state index in [1.807, 2.05) is 48.5 Å². The van der Waals surface area contributed by atoms with Crippen molar-refractivity contribution in [1.29, 1.82) is 0 Å². The maximum Gasteiger partial charge on any atom is 0.331 e. The van der Waals surface area contributed by atoms with Crippen molar-refractivity contribution in [3.05, 3.63) is 92.9 Å². The van der Waals surface area contributed by atoms with Gasteiger partial charge in [-0.25, -0.2) is 14.6 Å². The first-order valence-electron chi connectivity index (χ1n) is 9.33. The van der Waals surface area contributed by atoms with Crippen LogP contribution in [0.3, 0.4) is 0 Å². The van der Waals surface area contributed by atoms with E-state index in [0.29, 0.717) is 5.69 Å². The molecule has 2 heterocycles. The molecule has 7 heteroatoms. The number of aryl methyl sites for hydroxylation is 1. The summed E-state index contributed by atoms with van der Waals surface area (Å²) in [5.41, 5.74) is 0.778. The van der Waals surface area contributed by atoms with Crippen LogP contribution in [-0.4, -0.2) is 20.1 Å². The number of fused-ring (bicyclic) bond motifs is 3. The van der Waals surface area contributed by atoms with Crippen LogP contribution in [0.15, 0.2) is 70.4 Å². The highest BCUT2D eigenvalue weighted by Gasteiger charge is 2.10. The van der Waals surface area contributed by atoms with Crippen LogP contribution in [0.25, 0.3) is 27.8 Å². The van der Waals surface area contributed by atoms with Crippen molar-refractivity contribution >= 4 is 33.7 Å². The zero-order chi connectivity index (χ0) is 21.3. The second kappa shape index (κ2) is 7.79. The van der Waals surface area contributed by atoms with Gasteiger partial charge < -0.3 is 9.30 Å². The van der Waals surface area contributed by atoms with Crippen LogP contribution in [0.1, 0.15) is 11.3 Å². The van der Waals surface area contributed by atoms with E-state index in [9.17, 15) is 14.4 Å². The zero-order valence-electron chi connectivity index (χ0n) is 16.5. The summed E-state index contributed by atoms with van der Waals surface area (Å²) < 4.78 is 7.62. The van der Waals surface area contributed by atoms with Crippen LogP contribution < -0.4 is 11.2 Å². The molecule has 0 aliphatic heterocycles. The summed E-state index contributed by atoms with van der Waals surface area (Å²) in [5, 5.41) is 2.99. The number of benzene rings is 2. The minimum atomic E-state index is -0.607. The largest absolute Gasteiger partial charge is 0.456 e. The number of hydrogen-bond donors (Lipinski definition) is 0. The molecule has 4 rings (SSSR count). The molecule has 4 aromatic rings. The van der Waals surface area contributed by atoms with Crippen LogP contribution >= 0.6 is 0 Å². The third-order valence-corrected chi connectivity index (χ3v) is 4.91. The second-order valence-electron chi connectivity index (χ2n) is 6.90. The molecular weight excluding hydrogens is 382 g/mol. The van der Waals surface area contributed by atoms with Gasteiger partial charge in [0, 0.05) is 37.1 Å². The van der Waals surface area contributed by atoms with Gasteiger partial charge in [0.05, 0.1) is 16.8 Å². The summed E-state index contributed by atoms with van der Waals surface area (Å²) in [4.78, 5) is 40.8. The van der Waals surface area contributed by atoms with Gasteiger partial charge in [0.1, 0.15) is 6.61 Å². The van der Waals surface area contributed by atoms with Crippen LogP contribution in [0.2, 0.25) is 0 Å². The Morgan fingerprint density at radius 1 is 1.00 bits per heavy atom. The molecule has 0 fully saturated rings. The molecule has 2 aromatic heterocycles. The van der Waals surface area contributed by atoms with E-state index in [1.54, 1.807) is 0 Å². The zero-order valence-corrected chi connectivity index (χ0v) is 16.5. The quantitative estimate of drug-likeness (QED) is 0.298. The van der Waals surface area contributed by atoms with Gasteiger partial charge in [0.15, 0.2) is 0 Å². The molecule has 0 spiro atoms. The standard InChI is InChI=1S/C23H19N3O4/c1-25-13-15(22(28)26(2)23(25)29)11-12-21(27)30-14-20-18-9-4-3-7-16(18)17-8-5-6-10-19(17)24-20/h3-13H,14H2,1-2H3/b12-11+. The Labute approximate surface area is 171 Å². The number of hydrogen-bond acceptors (Lipinski definition) is 5. The van der Waals surface area contributed by atoms with E-state index >= 15 is 0 Å². The van der Waals surface area contributed by atoms with Gasteiger partial charge >= 0.3 is 11.7 Å². The van der Waals surface area contributed by atoms with Crippen LogP contribution in [0, 0.1) is 0 Å². The maximum atomic E-state index is 12.2. The molecular formula is C23H19N3O4. The van der Waals surface area contributed by atoms with Crippen molar-refractivity contribution in [3.8, 4) is 0 Å². The minimum Gasteiger partial charge on any atom is -0.456 e. The molecule has 30 heavy (non-hydrogen) atoms. The Balaban J connectivity index is 1.59. The number of rotatable bonds is 4. The van der Waals surface area contributed by atoms with E-state index < -0.39 is 17.2 Å². The average molecular weight is 401 g/mol. The fraction of sp³-hybridized carbons (Fsp3) is 0.130. The average Bonchev–Trinajstić information content (AvgIpc) is 2.77. The number of pyridine rings is 1. The molecule has 0 saturated heterocycles. The van der Waals surface area contributed by atoms with E-state index in [2.05, 4.69) is 4.98 Å². The lowest BCUT2D eigenvalue weighted by Crippen LogP contribution is -2.37. The van der Waals surface area contributed by atoms with E-state index in [1.165, 1.54) is 37.0 Å². The molecule has 0 amide bonds. The van der Waals surface area contributed by atoms with Gasteiger partial charge in [-0.15, -0.1) is 0 Å². The van der Waals surface area contributed by atoms with E-state index in [-0.39, 0.29) is 12.2 Å². The third-order valence-electron chi connectivity index (χ3n) is 4.91. The Bertz CT molecular complexity index is 1430. The number of para-hydroxylation sites is 1. The monoisotopic (exact) mass is 401 g/mol. The molecule has 0 saturated carbocycles. The van der Waals surface area contributed by atoms with Crippen LogP contribution in [0.5, 0.6) is 0 Å². The molecule has 0 radical (unpaired) electrons. The predicted molar refractivity (Wildman–Crippen MR) is 115 cm³/mol. The van der Waals surface area contributed by atoms with Gasteiger partial charge in [-0.2, -0.15) is 0 Å². The number of ether oxygens (including phenoxy) is 1. The summed E-state index contributed by atoms with van der Waals surface area (Å²) in [6.07, 6.45) is 3.90. The minimum absolute atomic E-state index is 0.000192. The highest BCUT2D eigenvalue weighted by molar-refractivity contribution is 6.06. The molecule has 2 aromatic carbocycles. The van der Waals surface area contributed by atoms with Crippen molar-refractivity contribution < 1.29 is 9.53 Å². The first-order valence-corrected chi connectivity index (χ1v) is 9.33. The molecule has 7 nitrogen and oxygen atoms in total. The van der Waals surface area contributed by atoms with Gasteiger partial charge in [0.2, 0.25) is 0 Å². The van der Waals surface area contributed by atoms with Gasteiger partial charge in [-0.1, -0.05) is 42.5 Å². The molecule has 0 atom stereocenters. The molecule has 0 unspecified atom stereocenters. The summed E-state index contributed by atoms with van der Waals surface area (Å²) >= 11 is 0. The molecule has 0 N–H and O–H groups in total. The molecule has 0 aliphatic carbocycles. The molecule has 150 valence electrons. The number of aromatic nitrogens is 3. The Kier molecular flexibility index (Phi) is 5.02. The number of esters is 1.